The number of nitrogens with zero attached hydrogens (tertiary/aromatic N) is 1. The molecule has 3 N–H and O–H groups in total. The van der Waals surface area contributed by atoms with Crippen LogP contribution in [0.25, 0.3) is 0 Å². The standard InChI is InChI=1S/C11H15N3O4/c1-6-8(10(17)13-11(18)12-6)2-3-9(16)14-4-7(15)5-14/h7,15H,2-5H2,1H3,(H2,12,13,17,18). The van der Waals surface area contributed by atoms with Gasteiger partial charge in [0.1, 0.15) is 0 Å². The zero-order chi connectivity index (χ0) is 13.3. The largest absolute Gasteiger partial charge is 0.389 e. The molecule has 0 aliphatic carbocycles. The van der Waals surface area contributed by atoms with E-state index in [1.807, 2.05) is 0 Å². The van der Waals surface area contributed by atoms with E-state index >= 15 is 0 Å². The summed E-state index contributed by atoms with van der Waals surface area (Å²) in [5.41, 5.74) is -0.0876. The second-order valence-electron chi connectivity index (χ2n) is 4.46. The average Bonchev–Trinajstić information content (AvgIpc) is 2.23. The van der Waals surface area contributed by atoms with Crippen molar-refractivity contribution in [3.63, 3.8) is 0 Å². The third kappa shape index (κ3) is 2.51. The monoisotopic (exact) mass is 253 g/mol. The highest BCUT2D eigenvalue weighted by Crippen LogP contribution is 2.10. The molecule has 0 saturated carbocycles. The van der Waals surface area contributed by atoms with Gasteiger partial charge in [0, 0.05) is 30.8 Å². The molecule has 1 aliphatic heterocycles. The van der Waals surface area contributed by atoms with E-state index in [0.717, 1.165) is 0 Å². The van der Waals surface area contributed by atoms with Crippen LogP contribution in [-0.4, -0.2) is 45.1 Å². The van der Waals surface area contributed by atoms with Gasteiger partial charge < -0.3 is 15.0 Å². The number of aromatic amines is 2. The first-order chi connectivity index (χ1) is 8.47. The Balaban J connectivity index is 2.00. The molecule has 1 saturated heterocycles. The summed E-state index contributed by atoms with van der Waals surface area (Å²) in [4.78, 5) is 40.4. The third-order valence-electron chi connectivity index (χ3n) is 3.06. The lowest BCUT2D eigenvalue weighted by Gasteiger charge is -2.35. The van der Waals surface area contributed by atoms with Crippen LogP contribution >= 0.6 is 0 Å². The van der Waals surface area contributed by atoms with E-state index in [2.05, 4.69) is 9.97 Å². The van der Waals surface area contributed by atoms with Gasteiger partial charge >= 0.3 is 5.69 Å². The van der Waals surface area contributed by atoms with Crippen LogP contribution in [0.3, 0.4) is 0 Å². The summed E-state index contributed by atoms with van der Waals surface area (Å²) in [5.74, 6) is -0.0923. The summed E-state index contributed by atoms with van der Waals surface area (Å²) in [6.07, 6.45) is 0.0543. The number of aliphatic hydroxyl groups is 1. The molecular formula is C11H15N3O4. The van der Waals surface area contributed by atoms with Crippen molar-refractivity contribution in [1.82, 2.24) is 14.9 Å². The van der Waals surface area contributed by atoms with Gasteiger partial charge in [0.15, 0.2) is 0 Å². The molecule has 2 heterocycles. The van der Waals surface area contributed by atoms with Crippen molar-refractivity contribution in [2.45, 2.75) is 25.9 Å². The number of nitrogens with one attached hydrogen (secondary N) is 2. The Bertz CT molecular complexity index is 568. The van der Waals surface area contributed by atoms with E-state index < -0.39 is 17.4 Å². The van der Waals surface area contributed by atoms with Crippen LogP contribution in [0.1, 0.15) is 17.7 Å². The molecule has 18 heavy (non-hydrogen) atoms. The van der Waals surface area contributed by atoms with Crippen LogP contribution < -0.4 is 11.2 Å². The second kappa shape index (κ2) is 4.77. The Kier molecular flexibility index (Phi) is 3.33. The highest BCUT2D eigenvalue weighted by atomic mass is 16.3. The topological polar surface area (TPSA) is 106 Å². The van der Waals surface area contributed by atoms with Crippen molar-refractivity contribution in [2.24, 2.45) is 0 Å². The summed E-state index contributed by atoms with van der Waals surface area (Å²) in [6, 6.07) is 0. The van der Waals surface area contributed by atoms with E-state index in [9.17, 15) is 14.4 Å². The van der Waals surface area contributed by atoms with Gasteiger partial charge in [-0.25, -0.2) is 4.79 Å². The lowest BCUT2D eigenvalue weighted by molar-refractivity contribution is -0.141. The Morgan fingerprint density at radius 3 is 2.61 bits per heavy atom. The second-order valence-corrected chi connectivity index (χ2v) is 4.46. The first-order valence-corrected chi connectivity index (χ1v) is 5.75. The Labute approximate surface area is 102 Å². The zero-order valence-corrected chi connectivity index (χ0v) is 10.0. The number of H-pyrrole nitrogens is 2. The fourth-order valence-corrected chi connectivity index (χ4v) is 1.98. The summed E-state index contributed by atoms with van der Waals surface area (Å²) < 4.78 is 0. The van der Waals surface area contributed by atoms with Gasteiger partial charge in [0.2, 0.25) is 5.91 Å². The van der Waals surface area contributed by atoms with Crippen molar-refractivity contribution in [2.75, 3.05) is 13.1 Å². The molecule has 1 aliphatic rings. The fraction of sp³-hybridized carbons (Fsp3) is 0.545. The van der Waals surface area contributed by atoms with Gasteiger partial charge in [-0.15, -0.1) is 0 Å². The van der Waals surface area contributed by atoms with Crippen LogP contribution in [0.2, 0.25) is 0 Å². The molecular weight excluding hydrogens is 238 g/mol. The minimum Gasteiger partial charge on any atom is -0.389 e. The summed E-state index contributed by atoms with van der Waals surface area (Å²) in [7, 11) is 0. The molecule has 7 nitrogen and oxygen atoms in total. The first-order valence-electron chi connectivity index (χ1n) is 5.75. The number of aliphatic hydroxyl groups excluding tert-OH is 1. The number of aromatic nitrogens is 2. The highest BCUT2D eigenvalue weighted by Gasteiger charge is 2.28. The highest BCUT2D eigenvalue weighted by molar-refractivity contribution is 5.77. The molecule has 0 radical (unpaired) electrons. The number of β-amino-alcohol motifs (C(OH)–C–C–N with tert-alkyl or cyclic N) is 1. The number of hydrogen-bond acceptors (Lipinski definition) is 4. The van der Waals surface area contributed by atoms with Crippen molar-refractivity contribution in [1.29, 1.82) is 0 Å². The molecule has 0 aromatic carbocycles. The zero-order valence-electron chi connectivity index (χ0n) is 10.0. The number of carbonyl (C=O) groups is 1. The lowest BCUT2D eigenvalue weighted by atomic mass is 10.1. The van der Waals surface area contributed by atoms with Crippen molar-refractivity contribution >= 4 is 5.91 Å². The number of carbonyl (C=O) groups excluding carboxylic acids is 1. The van der Waals surface area contributed by atoms with Crippen LogP contribution in [0.4, 0.5) is 0 Å². The molecule has 0 bridgehead atoms. The molecule has 1 aromatic heterocycles. The molecule has 98 valence electrons. The summed E-state index contributed by atoms with van der Waals surface area (Å²) in [6.45, 7) is 2.35. The maximum atomic E-state index is 11.7. The SMILES string of the molecule is Cc1[nH]c(=O)[nH]c(=O)c1CCC(=O)N1CC(O)C1. The molecule has 1 fully saturated rings. The minimum atomic E-state index is -0.543. The van der Waals surface area contributed by atoms with E-state index in [0.29, 0.717) is 24.3 Å². The Morgan fingerprint density at radius 2 is 2.06 bits per heavy atom. The molecule has 1 aromatic rings. The van der Waals surface area contributed by atoms with Crippen LogP contribution in [-0.2, 0) is 11.2 Å². The Hall–Kier alpha value is -1.89. The van der Waals surface area contributed by atoms with E-state index in [1.54, 1.807) is 11.8 Å². The van der Waals surface area contributed by atoms with Gasteiger partial charge in [0.05, 0.1) is 6.10 Å². The predicted octanol–water partition coefficient (Wildman–Crippen LogP) is -1.49. The normalized spacial score (nSPS) is 15.6. The van der Waals surface area contributed by atoms with E-state index in [4.69, 9.17) is 5.11 Å². The molecule has 0 spiro atoms. The number of likely N-dealkylation sites (tertiary alicyclic amines) is 1. The van der Waals surface area contributed by atoms with Crippen molar-refractivity contribution in [3.05, 3.63) is 32.1 Å². The lowest BCUT2D eigenvalue weighted by Crippen LogP contribution is -2.53. The first kappa shape index (κ1) is 12.6. The quantitative estimate of drug-likeness (QED) is 0.610. The fourth-order valence-electron chi connectivity index (χ4n) is 1.98. The van der Waals surface area contributed by atoms with Crippen LogP contribution in [0, 0.1) is 6.92 Å². The van der Waals surface area contributed by atoms with Crippen molar-refractivity contribution < 1.29 is 9.90 Å². The van der Waals surface area contributed by atoms with E-state index in [-0.39, 0.29) is 18.7 Å². The summed E-state index contributed by atoms with van der Waals surface area (Å²) >= 11 is 0. The molecule has 0 atom stereocenters. The van der Waals surface area contributed by atoms with Gasteiger partial charge in [-0.05, 0) is 13.3 Å². The minimum absolute atomic E-state index is 0.0923. The third-order valence-corrected chi connectivity index (χ3v) is 3.06. The number of amides is 1. The number of rotatable bonds is 3. The van der Waals surface area contributed by atoms with E-state index in [1.165, 1.54) is 0 Å². The van der Waals surface area contributed by atoms with Gasteiger partial charge in [0.25, 0.3) is 5.56 Å². The average molecular weight is 253 g/mol. The molecule has 7 heteroatoms. The Morgan fingerprint density at radius 1 is 1.39 bits per heavy atom. The van der Waals surface area contributed by atoms with Crippen LogP contribution in [0.15, 0.2) is 9.59 Å². The summed E-state index contributed by atoms with van der Waals surface area (Å²) in [5, 5.41) is 9.08. The predicted molar refractivity (Wildman–Crippen MR) is 63.3 cm³/mol. The van der Waals surface area contributed by atoms with Crippen LogP contribution in [0.5, 0.6) is 0 Å². The smallest absolute Gasteiger partial charge is 0.325 e. The maximum absolute atomic E-state index is 11.7. The van der Waals surface area contributed by atoms with Crippen molar-refractivity contribution in [3.8, 4) is 0 Å². The van der Waals surface area contributed by atoms with Gasteiger partial charge in [-0.3, -0.25) is 14.6 Å². The van der Waals surface area contributed by atoms with Gasteiger partial charge in [-0.1, -0.05) is 0 Å². The maximum Gasteiger partial charge on any atom is 0.325 e. The molecule has 2 rings (SSSR count). The number of aryl methyl sites for hydroxylation is 1. The number of hydrogen-bond donors (Lipinski definition) is 3. The molecule has 0 unspecified atom stereocenters. The van der Waals surface area contributed by atoms with Gasteiger partial charge in [-0.2, -0.15) is 0 Å². The molecule has 1 amide bonds.